The van der Waals surface area contributed by atoms with Crippen molar-refractivity contribution in [1.29, 1.82) is 0 Å². The van der Waals surface area contributed by atoms with Crippen LogP contribution in [0.3, 0.4) is 0 Å². The van der Waals surface area contributed by atoms with Gasteiger partial charge in [0.1, 0.15) is 5.71 Å². The molecule has 0 unspecified atom stereocenters. The standard InChI is InChI=1S/C5H9N2/c1-5-3-6-4-7(5)2/h4H,3H2,1-2H3/q+1. The lowest BCUT2D eigenvalue weighted by atomic mass is 10.4. The second-order valence-electron chi connectivity index (χ2n) is 1.80. The highest BCUT2D eigenvalue weighted by molar-refractivity contribution is 5.85. The minimum absolute atomic E-state index is 0.885. The van der Waals surface area contributed by atoms with Crippen LogP contribution in [0.1, 0.15) is 6.92 Å². The van der Waals surface area contributed by atoms with Crippen LogP contribution in [0.25, 0.3) is 0 Å². The summed E-state index contributed by atoms with van der Waals surface area (Å²) < 4.78 is 2.03. The minimum Gasteiger partial charge on any atom is -0.237 e. The molecule has 0 fully saturated rings. The van der Waals surface area contributed by atoms with E-state index >= 15 is 0 Å². The first-order valence-corrected chi connectivity index (χ1v) is 2.36. The molecule has 0 aromatic heterocycles. The molecule has 0 saturated carbocycles. The van der Waals surface area contributed by atoms with E-state index in [2.05, 4.69) is 11.9 Å². The fraction of sp³-hybridized carbons (Fsp3) is 0.600. The number of hydrogen-bond donors (Lipinski definition) is 0. The second kappa shape index (κ2) is 1.45. The lowest BCUT2D eigenvalue weighted by Crippen LogP contribution is -2.07. The molecular weight excluding hydrogens is 88.1 g/mol. The molecule has 0 N–H and O–H groups in total. The van der Waals surface area contributed by atoms with E-state index in [0.717, 1.165) is 6.54 Å². The summed E-state index contributed by atoms with van der Waals surface area (Å²) in [5, 5.41) is 0. The van der Waals surface area contributed by atoms with Crippen molar-refractivity contribution in [3.8, 4) is 0 Å². The van der Waals surface area contributed by atoms with Crippen molar-refractivity contribution in [2.24, 2.45) is 4.99 Å². The number of nitrogens with zero attached hydrogens (tertiary/aromatic N) is 2. The van der Waals surface area contributed by atoms with Gasteiger partial charge in [-0.1, -0.05) is 4.99 Å². The molecule has 1 aliphatic rings. The molecule has 0 atom stereocenters. The maximum absolute atomic E-state index is 4.01. The molecule has 0 amide bonds. The van der Waals surface area contributed by atoms with Crippen LogP contribution in [0, 0.1) is 0 Å². The Balaban J connectivity index is 2.79. The Bertz CT molecular complexity index is 133. The Labute approximate surface area is 43.2 Å². The highest BCUT2D eigenvalue weighted by Crippen LogP contribution is 1.83. The molecule has 0 radical (unpaired) electrons. The summed E-state index contributed by atoms with van der Waals surface area (Å²) in [6.07, 6.45) is 1.84. The molecule has 1 rings (SSSR count). The summed E-state index contributed by atoms with van der Waals surface area (Å²) in [7, 11) is 2.01. The summed E-state index contributed by atoms with van der Waals surface area (Å²) in [5.74, 6) is 0. The maximum atomic E-state index is 4.01. The molecule has 1 aliphatic heterocycles. The van der Waals surface area contributed by atoms with Crippen molar-refractivity contribution in [2.75, 3.05) is 13.6 Å². The quantitative estimate of drug-likeness (QED) is 0.382. The third kappa shape index (κ3) is 0.683. The first kappa shape index (κ1) is 4.50. The molecule has 0 bridgehead atoms. The number of rotatable bonds is 0. The number of aliphatic imine (C=N–C) groups is 1. The van der Waals surface area contributed by atoms with Crippen molar-refractivity contribution in [3.63, 3.8) is 0 Å². The lowest BCUT2D eigenvalue weighted by Gasteiger charge is -1.81. The van der Waals surface area contributed by atoms with E-state index in [4.69, 9.17) is 0 Å². The lowest BCUT2D eigenvalue weighted by molar-refractivity contribution is -0.357. The zero-order valence-corrected chi connectivity index (χ0v) is 4.68. The molecule has 2 nitrogen and oxygen atoms in total. The molecule has 0 spiro atoms. The Morgan fingerprint density at radius 2 is 2.57 bits per heavy atom. The summed E-state index contributed by atoms with van der Waals surface area (Å²) >= 11 is 0. The van der Waals surface area contributed by atoms with Gasteiger partial charge in [0.05, 0.1) is 7.05 Å². The van der Waals surface area contributed by atoms with E-state index in [0.29, 0.717) is 0 Å². The highest BCUT2D eigenvalue weighted by Gasteiger charge is 2.06. The van der Waals surface area contributed by atoms with Gasteiger partial charge in [0, 0.05) is 0 Å². The van der Waals surface area contributed by atoms with E-state index in [1.54, 1.807) is 0 Å². The van der Waals surface area contributed by atoms with Crippen molar-refractivity contribution in [1.82, 2.24) is 0 Å². The zero-order chi connectivity index (χ0) is 5.28. The van der Waals surface area contributed by atoms with Gasteiger partial charge in [0.25, 0.3) is 6.34 Å². The molecule has 1 heterocycles. The third-order valence-corrected chi connectivity index (χ3v) is 1.18. The smallest absolute Gasteiger partial charge is 0.237 e. The molecular formula is C5H9N2+. The monoisotopic (exact) mass is 97.1 g/mol. The van der Waals surface area contributed by atoms with E-state index in [9.17, 15) is 0 Å². The van der Waals surface area contributed by atoms with Crippen LogP contribution in [-0.4, -0.2) is 30.2 Å². The van der Waals surface area contributed by atoms with Gasteiger partial charge >= 0.3 is 0 Å². The van der Waals surface area contributed by atoms with Gasteiger partial charge in [-0.25, -0.2) is 4.58 Å². The molecule has 0 saturated heterocycles. The largest absolute Gasteiger partial charge is 0.280 e. The van der Waals surface area contributed by atoms with Crippen LogP contribution in [-0.2, 0) is 0 Å². The summed E-state index contributed by atoms with van der Waals surface area (Å²) in [6.45, 7) is 2.96. The van der Waals surface area contributed by atoms with Gasteiger partial charge in [-0.05, 0) is 6.92 Å². The average Bonchev–Trinajstić information content (AvgIpc) is 1.91. The van der Waals surface area contributed by atoms with Gasteiger partial charge in [-0.2, -0.15) is 0 Å². The Morgan fingerprint density at radius 1 is 1.86 bits per heavy atom. The molecule has 0 aromatic rings. The predicted octanol–water partition coefficient (Wildman–Crippen LogP) is 0.131. The Hall–Kier alpha value is -0.660. The fourth-order valence-corrected chi connectivity index (χ4v) is 0.506. The molecule has 38 valence electrons. The summed E-state index contributed by atoms with van der Waals surface area (Å²) in [6, 6.07) is 0. The van der Waals surface area contributed by atoms with Gasteiger partial charge in [0.2, 0.25) is 0 Å². The summed E-state index contributed by atoms with van der Waals surface area (Å²) in [5.41, 5.74) is 1.32. The van der Waals surface area contributed by atoms with Gasteiger partial charge < -0.3 is 0 Å². The first-order chi connectivity index (χ1) is 3.30. The van der Waals surface area contributed by atoms with E-state index in [1.807, 2.05) is 18.0 Å². The van der Waals surface area contributed by atoms with Crippen LogP contribution in [0.4, 0.5) is 0 Å². The average molecular weight is 97.1 g/mol. The van der Waals surface area contributed by atoms with Crippen molar-refractivity contribution < 1.29 is 4.58 Å². The van der Waals surface area contributed by atoms with Gasteiger partial charge in [-0.15, -0.1) is 0 Å². The maximum Gasteiger partial charge on any atom is 0.280 e. The topological polar surface area (TPSA) is 15.4 Å². The fourth-order valence-electron chi connectivity index (χ4n) is 0.506. The molecule has 0 aliphatic carbocycles. The Morgan fingerprint density at radius 3 is 2.71 bits per heavy atom. The van der Waals surface area contributed by atoms with Crippen molar-refractivity contribution >= 4 is 12.1 Å². The highest BCUT2D eigenvalue weighted by atomic mass is 15.1. The number of hydrogen-bond acceptors (Lipinski definition) is 1. The SMILES string of the molecule is CC1=[N+](C)C=NC1. The second-order valence-corrected chi connectivity index (χ2v) is 1.80. The van der Waals surface area contributed by atoms with Crippen LogP contribution < -0.4 is 0 Å². The third-order valence-electron chi connectivity index (χ3n) is 1.18. The van der Waals surface area contributed by atoms with Crippen LogP contribution >= 0.6 is 0 Å². The van der Waals surface area contributed by atoms with Crippen molar-refractivity contribution in [3.05, 3.63) is 0 Å². The van der Waals surface area contributed by atoms with Gasteiger partial charge in [0.15, 0.2) is 6.54 Å². The zero-order valence-electron chi connectivity index (χ0n) is 4.68. The van der Waals surface area contributed by atoms with Crippen LogP contribution in [0.15, 0.2) is 4.99 Å². The molecule has 2 heteroatoms. The Kier molecular flexibility index (Phi) is 0.929. The normalized spacial score (nSPS) is 19.1. The van der Waals surface area contributed by atoms with Crippen molar-refractivity contribution in [2.45, 2.75) is 6.92 Å². The first-order valence-electron chi connectivity index (χ1n) is 2.36. The van der Waals surface area contributed by atoms with E-state index < -0.39 is 0 Å². The molecule has 7 heavy (non-hydrogen) atoms. The predicted molar refractivity (Wildman–Crippen MR) is 30.2 cm³/mol. The van der Waals surface area contributed by atoms with E-state index in [1.165, 1.54) is 5.71 Å². The molecule has 0 aromatic carbocycles. The van der Waals surface area contributed by atoms with Crippen LogP contribution in [0.2, 0.25) is 0 Å². The van der Waals surface area contributed by atoms with Gasteiger partial charge in [-0.3, -0.25) is 0 Å². The van der Waals surface area contributed by atoms with E-state index in [-0.39, 0.29) is 0 Å². The van der Waals surface area contributed by atoms with Crippen LogP contribution in [0.5, 0.6) is 0 Å². The summed E-state index contributed by atoms with van der Waals surface area (Å²) in [4.78, 5) is 4.01. The minimum atomic E-state index is 0.885.